The highest BCUT2D eigenvalue weighted by Crippen LogP contribution is 2.07. The van der Waals surface area contributed by atoms with Crippen molar-refractivity contribution in [1.29, 1.82) is 0 Å². The molecule has 0 aliphatic heterocycles. The zero-order valence-electron chi connectivity index (χ0n) is 9.51. The summed E-state index contributed by atoms with van der Waals surface area (Å²) in [6, 6.07) is 0. The highest BCUT2D eigenvalue weighted by Gasteiger charge is 1.95. The average molecular weight is 226 g/mol. The molecule has 96 valence electrons. The van der Waals surface area contributed by atoms with Crippen LogP contribution in [0.3, 0.4) is 0 Å². The molecule has 0 aromatic heterocycles. The lowest BCUT2D eigenvalue weighted by atomic mass is 10.1. The molecular weight excluding hydrogens is 200 g/mol. The van der Waals surface area contributed by atoms with Crippen LogP contribution in [0.25, 0.3) is 0 Å². The summed E-state index contributed by atoms with van der Waals surface area (Å²) in [5, 5.41) is 8.35. The van der Waals surface area contributed by atoms with Crippen LogP contribution in [0.1, 0.15) is 58.3 Å². The Morgan fingerprint density at radius 1 is 0.867 bits per heavy atom. The number of carbonyl (C=O) groups is 1. The Labute approximate surface area is 91.4 Å². The third-order valence-electron chi connectivity index (χ3n) is 1.99. The molecule has 0 bridgehead atoms. The van der Waals surface area contributed by atoms with Gasteiger partial charge in [0, 0.05) is 6.42 Å². The van der Waals surface area contributed by atoms with Gasteiger partial charge in [-0.25, -0.2) is 0 Å². The van der Waals surface area contributed by atoms with Gasteiger partial charge in [-0.15, -0.1) is 0 Å². The summed E-state index contributed by atoms with van der Waals surface area (Å²) in [7, 11) is 0. The molecule has 0 amide bonds. The van der Waals surface area contributed by atoms with Gasteiger partial charge in [-0.3, -0.25) is 4.79 Å². The molecule has 5 heteroatoms. The van der Waals surface area contributed by atoms with Gasteiger partial charge < -0.3 is 21.5 Å². The third-order valence-corrected chi connectivity index (χ3v) is 1.99. The minimum Gasteiger partial charge on any atom is -0.481 e. The number of aliphatic carboxylic acids is 1. The minimum atomic E-state index is -0.663. The van der Waals surface area contributed by atoms with Crippen LogP contribution in [0.4, 0.5) is 0 Å². The second-order valence-corrected chi connectivity index (χ2v) is 3.27. The first-order valence-corrected chi connectivity index (χ1v) is 4.99. The molecule has 0 spiro atoms. The van der Waals surface area contributed by atoms with Crippen molar-refractivity contribution in [2.75, 3.05) is 0 Å². The van der Waals surface area contributed by atoms with E-state index in [1.54, 1.807) is 0 Å². The van der Waals surface area contributed by atoms with E-state index in [1.807, 2.05) is 0 Å². The largest absolute Gasteiger partial charge is 0.481 e. The Morgan fingerprint density at radius 3 is 1.67 bits per heavy atom. The Bertz CT molecular complexity index is 116. The van der Waals surface area contributed by atoms with Crippen LogP contribution in [0.2, 0.25) is 0 Å². The first-order valence-electron chi connectivity index (χ1n) is 4.99. The predicted molar refractivity (Wildman–Crippen MR) is 61.1 cm³/mol. The van der Waals surface area contributed by atoms with Gasteiger partial charge in [-0.05, 0) is 6.42 Å². The Hall–Kier alpha value is -0.650. The fraction of sp³-hybridized carbons (Fsp3) is 0.900. The fourth-order valence-electron chi connectivity index (χ4n) is 1.23. The molecule has 0 heterocycles. The highest BCUT2D eigenvalue weighted by molar-refractivity contribution is 5.66. The fourth-order valence-corrected chi connectivity index (χ4v) is 1.23. The van der Waals surface area contributed by atoms with Crippen LogP contribution in [0, 0.1) is 0 Å². The van der Waals surface area contributed by atoms with Crippen LogP contribution in [-0.4, -0.2) is 27.5 Å². The standard InChI is InChI=1S/C10H20O2.3H2O/c1-2-3-4-5-6-7-8-9-10(11)12;;;/h2-9H2,1H3,(H,11,12);3*1H2. The molecule has 0 unspecified atom stereocenters. The molecule has 0 aromatic carbocycles. The van der Waals surface area contributed by atoms with Crippen LogP contribution in [0.5, 0.6) is 0 Å². The van der Waals surface area contributed by atoms with E-state index in [0.29, 0.717) is 6.42 Å². The highest BCUT2D eigenvalue weighted by atomic mass is 16.4. The third kappa shape index (κ3) is 24.7. The number of hydrogen-bond acceptors (Lipinski definition) is 1. The number of carboxylic acid groups (broad SMARTS) is 1. The molecule has 0 aromatic rings. The number of carboxylic acids is 1. The molecule has 0 radical (unpaired) electrons. The van der Waals surface area contributed by atoms with Crippen molar-refractivity contribution in [3.05, 3.63) is 0 Å². The van der Waals surface area contributed by atoms with Gasteiger partial charge in [-0.2, -0.15) is 0 Å². The van der Waals surface area contributed by atoms with E-state index in [2.05, 4.69) is 6.92 Å². The number of rotatable bonds is 8. The molecule has 0 saturated carbocycles. The molecule has 0 rings (SSSR count). The summed E-state index contributed by atoms with van der Waals surface area (Å²) < 4.78 is 0. The van der Waals surface area contributed by atoms with Crippen molar-refractivity contribution < 1.29 is 26.3 Å². The summed E-state index contributed by atoms with van der Waals surface area (Å²) in [5.41, 5.74) is 0. The smallest absolute Gasteiger partial charge is 0.303 e. The molecule has 0 aliphatic carbocycles. The molecule has 0 aliphatic rings. The first-order chi connectivity index (χ1) is 5.77. The van der Waals surface area contributed by atoms with E-state index >= 15 is 0 Å². The van der Waals surface area contributed by atoms with Crippen molar-refractivity contribution in [1.82, 2.24) is 0 Å². The van der Waals surface area contributed by atoms with Gasteiger partial charge in [-0.1, -0.05) is 45.4 Å². The lowest BCUT2D eigenvalue weighted by molar-refractivity contribution is -0.137. The normalized spacial score (nSPS) is 8.07. The Morgan fingerprint density at radius 2 is 1.27 bits per heavy atom. The van der Waals surface area contributed by atoms with Crippen molar-refractivity contribution in [2.45, 2.75) is 58.3 Å². The summed E-state index contributed by atoms with van der Waals surface area (Å²) in [6.45, 7) is 2.20. The average Bonchev–Trinajstić information content (AvgIpc) is 2.02. The van der Waals surface area contributed by atoms with Gasteiger partial charge in [0.2, 0.25) is 0 Å². The van der Waals surface area contributed by atoms with Crippen LogP contribution in [-0.2, 0) is 4.79 Å². The van der Waals surface area contributed by atoms with E-state index in [1.165, 1.54) is 32.1 Å². The summed E-state index contributed by atoms with van der Waals surface area (Å²) in [6.07, 6.45) is 8.64. The summed E-state index contributed by atoms with van der Waals surface area (Å²) >= 11 is 0. The molecule has 0 fully saturated rings. The summed E-state index contributed by atoms with van der Waals surface area (Å²) in [5.74, 6) is -0.663. The zero-order valence-corrected chi connectivity index (χ0v) is 9.51. The molecule has 15 heavy (non-hydrogen) atoms. The van der Waals surface area contributed by atoms with Crippen molar-refractivity contribution in [2.24, 2.45) is 0 Å². The number of hydrogen-bond donors (Lipinski definition) is 1. The van der Waals surface area contributed by atoms with E-state index < -0.39 is 5.97 Å². The monoisotopic (exact) mass is 226 g/mol. The maximum Gasteiger partial charge on any atom is 0.303 e. The minimum absolute atomic E-state index is 0. The quantitative estimate of drug-likeness (QED) is 0.611. The maximum atomic E-state index is 10.1. The second kappa shape index (κ2) is 19.0. The van der Waals surface area contributed by atoms with Crippen molar-refractivity contribution in [3.8, 4) is 0 Å². The van der Waals surface area contributed by atoms with E-state index in [4.69, 9.17) is 5.11 Å². The first kappa shape index (κ1) is 23.9. The lowest BCUT2D eigenvalue weighted by Crippen LogP contribution is -1.93. The van der Waals surface area contributed by atoms with E-state index in [0.717, 1.165) is 12.8 Å². The summed E-state index contributed by atoms with van der Waals surface area (Å²) in [4.78, 5) is 10.1. The maximum absolute atomic E-state index is 10.1. The van der Waals surface area contributed by atoms with Crippen LogP contribution in [0.15, 0.2) is 0 Å². The molecular formula is C10H26O5. The van der Waals surface area contributed by atoms with E-state index in [-0.39, 0.29) is 16.4 Å². The molecule has 0 saturated heterocycles. The lowest BCUT2D eigenvalue weighted by Gasteiger charge is -1.98. The van der Waals surface area contributed by atoms with Gasteiger partial charge in [0.25, 0.3) is 0 Å². The molecule has 0 atom stereocenters. The topological polar surface area (TPSA) is 132 Å². The Balaban J connectivity index is -0.000000202. The number of unbranched alkanes of at least 4 members (excludes halogenated alkanes) is 6. The zero-order chi connectivity index (χ0) is 9.23. The van der Waals surface area contributed by atoms with Gasteiger partial charge in [0.05, 0.1) is 0 Å². The predicted octanol–water partition coefficient (Wildman–Crippen LogP) is 0.738. The second-order valence-electron chi connectivity index (χ2n) is 3.27. The van der Waals surface area contributed by atoms with Crippen molar-refractivity contribution in [3.63, 3.8) is 0 Å². The van der Waals surface area contributed by atoms with E-state index in [9.17, 15) is 4.79 Å². The molecule has 7 N–H and O–H groups in total. The van der Waals surface area contributed by atoms with Crippen molar-refractivity contribution >= 4 is 5.97 Å². The Kier molecular flexibility index (Phi) is 30.3. The molecule has 5 nitrogen and oxygen atoms in total. The van der Waals surface area contributed by atoms with Gasteiger partial charge in [0.1, 0.15) is 0 Å². The van der Waals surface area contributed by atoms with Crippen LogP contribution < -0.4 is 0 Å². The van der Waals surface area contributed by atoms with Gasteiger partial charge in [0.15, 0.2) is 0 Å². The van der Waals surface area contributed by atoms with Crippen LogP contribution >= 0.6 is 0 Å². The SMILES string of the molecule is CCCCCCCCCC(=O)O.O.O.O. The van der Waals surface area contributed by atoms with Gasteiger partial charge >= 0.3 is 5.97 Å².